The van der Waals surface area contributed by atoms with Crippen LogP contribution in [0.4, 0.5) is 4.79 Å². The van der Waals surface area contributed by atoms with Gasteiger partial charge in [0.1, 0.15) is 13.2 Å². The minimum Gasteiger partial charge on any atom is -0.493 e. The zero-order valence-corrected chi connectivity index (χ0v) is 19.9. The highest BCUT2D eigenvalue weighted by atomic mass is 35.5. The molecule has 2 aromatic carbocycles. The van der Waals surface area contributed by atoms with Crippen molar-refractivity contribution in [1.29, 1.82) is 0 Å². The van der Waals surface area contributed by atoms with Gasteiger partial charge in [-0.15, -0.1) is 0 Å². The zero-order chi connectivity index (χ0) is 24.0. The van der Waals surface area contributed by atoms with Crippen molar-refractivity contribution in [3.8, 4) is 11.5 Å². The molecule has 0 aliphatic carbocycles. The van der Waals surface area contributed by atoms with Crippen molar-refractivity contribution >= 4 is 35.2 Å². The van der Waals surface area contributed by atoms with E-state index in [0.29, 0.717) is 32.8 Å². The average molecular weight is 495 g/mol. The maximum absolute atomic E-state index is 12.7. The molecule has 1 aliphatic rings. The van der Waals surface area contributed by atoms with E-state index in [-0.39, 0.29) is 25.4 Å². The van der Waals surface area contributed by atoms with E-state index in [1.54, 1.807) is 43.3 Å². The summed E-state index contributed by atoms with van der Waals surface area (Å²) in [6.07, 6.45) is 0. The van der Waals surface area contributed by atoms with Gasteiger partial charge in [0.05, 0.1) is 25.3 Å². The molecule has 33 heavy (non-hydrogen) atoms. The smallest absolute Gasteiger partial charge is 0.338 e. The SMILES string of the molecule is COCCOC(=O)C1=C(C)NC(=O)N[C@H]1c1ccc(OCc2ccc(Cl)cc2Cl)c(OC)c1. The molecule has 0 radical (unpaired) electrons. The molecule has 2 amide bonds. The summed E-state index contributed by atoms with van der Waals surface area (Å²) in [6, 6.07) is 9.14. The standard InChI is InChI=1S/C23H24Cl2N2O6/c1-13-20(22(28)32-9-8-30-2)21(27-23(29)26-13)14-5-7-18(19(10-14)31-3)33-12-15-4-6-16(24)11-17(15)25/h4-7,10-11,21H,8-9,12H2,1-3H3,(H2,26,27,29)/t21-/m0/s1. The van der Waals surface area contributed by atoms with Crippen molar-refractivity contribution in [2.75, 3.05) is 27.4 Å². The third-order valence-electron chi connectivity index (χ3n) is 4.93. The molecular formula is C23H24Cl2N2O6. The molecule has 1 atom stereocenters. The molecule has 0 bridgehead atoms. The number of hydrogen-bond acceptors (Lipinski definition) is 6. The van der Waals surface area contributed by atoms with Crippen molar-refractivity contribution in [3.63, 3.8) is 0 Å². The molecule has 0 fully saturated rings. The number of halogens is 2. The van der Waals surface area contributed by atoms with E-state index in [1.807, 2.05) is 0 Å². The number of rotatable bonds is 9. The van der Waals surface area contributed by atoms with Crippen LogP contribution in [0.15, 0.2) is 47.7 Å². The first kappa shape index (κ1) is 24.7. The summed E-state index contributed by atoms with van der Waals surface area (Å²) in [5, 5.41) is 6.40. The molecule has 0 spiro atoms. The molecule has 10 heteroatoms. The predicted octanol–water partition coefficient (Wildman–Crippen LogP) is 4.40. The number of carbonyl (C=O) groups is 2. The van der Waals surface area contributed by atoms with Gasteiger partial charge in [-0.05, 0) is 36.8 Å². The largest absolute Gasteiger partial charge is 0.493 e. The van der Waals surface area contributed by atoms with Crippen LogP contribution >= 0.6 is 23.2 Å². The van der Waals surface area contributed by atoms with E-state index in [9.17, 15) is 9.59 Å². The van der Waals surface area contributed by atoms with E-state index < -0.39 is 18.0 Å². The lowest BCUT2D eigenvalue weighted by Crippen LogP contribution is -2.45. The summed E-state index contributed by atoms with van der Waals surface area (Å²) in [5.41, 5.74) is 2.08. The molecule has 0 saturated heterocycles. The minimum absolute atomic E-state index is 0.0934. The van der Waals surface area contributed by atoms with Crippen LogP contribution in [0.25, 0.3) is 0 Å². The molecule has 1 aliphatic heterocycles. The summed E-state index contributed by atoms with van der Waals surface area (Å²) >= 11 is 12.2. The van der Waals surface area contributed by atoms with Crippen molar-refractivity contribution in [3.05, 3.63) is 68.8 Å². The quantitative estimate of drug-likeness (QED) is 0.396. The number of ether oxygens (including phenoxy) is 4. The lowest BCUT2D eigenvalue weighted by Gasteiger charge is -2.28. The Bertz CT molecular complexity index is 1070. The van der Waals surface area contributed by atoms with Crippen LogP contribution in [0.3, 0.4) is 0 Å². The van der Waals surface area contributed by atoms with E-state index in [1.165, 1.54) is 14.2 Å². The number of urea groups is 1. The second kappa shape index (κ2) is 11.3. The van der Waals surface area contributed by atoms with Crippen molar-refractivity contribution in [2.45, 2.75) is 19.6 Å². The first-order valence-corrected chi connectivity index (χ1v) is 10.8. The fourth-order valence-corrected chi connectivity index (χ4v) is 3.75. The molecule has 0 aromatic heterocycles. The fraction of sp³-hybridized carbons (Fsp3) is 0.304. The molecular weight excluding hydrogens is 471 g/mol. The van der Waals surface area contributed by atoms with Crippen molar-refractivity contribution in [1.82, 2.24) is 10.6 Å². The van der Waals surface area contributed by atoms with Crippen LogP contribution in [-0.2, 0) is 20.9 Å². The molecule has 0 saturated carbocycles. The normalized spacial score (nSPS) is 15.5. The Balaban J connectivity index is 1.84. The Kier molecular flexibility index (Phi) is 8.43. The first-order chi connectivity index (χ1) is 15.8. The van der Waals surface area contributed by atoms with E-state index in [2.05, 4.69) is 10.6 Å². The number of benzene rings is 2. The molecule has 2 aromatic rings. The molecule has 3 rings (SSSR count). The van der Waals surface area contributed by atoms with Gasteiger partial charge in [-0.25, -0.2) is 9.59 Å². The summed E-state index contributed by atoms with van der Waals surface area (Å²) in [7, 11) is 3.02. The Morgan fingerprint density at radius 3 is 2.55 bits per heavy atom. The second-order valence-corrected chi connectivity index (χ2v) is 7.98. The van der Waals surface area contributed by atoms with Crippen LogP contribution < -0.4 is 20.1 Å². The van der Waals surface area contributed by atoms with Gasteiger partial charge in [-0.1, -0.05) is 35.3 Å². The lowest BCUT2D eigenvalue weighted by molar-refractivity contribution is -0.140. The summed E-state index contributed by atoms with van der Waals surface area (Å²) < 4.78 is 21.6. The Morgan fingerprint density at radius 2 is 1.85 bits per heavy atom. The van der Waals surface area contributed by atoms with Crippen molar-refractivity contribution in [2.24, 2.45) is 0 Å². The van der Waals surface area contributed by atoms with E-state index in [4.69, 9.17) is 42.1 Å². The number of amides is 2. The molecule has 176 valence electrons. The highest BCUT2D eigenvalue weighted by Crippen LogP contribution is 2.35. The maximum Gasteiger partial charge on any atom is 0.338 e. The fourth-order valence-electron chi connectivity index (χ4n) is 3.29. The Morgan fingerprint density at radius 1 is 1.06 bits per heavy atom. The van der Waals surface area contributed by atoms with Crippen LogP contribution in [0.5, 0.6) is 11.5 Å². The molecule has 1 heterocycles. The highest BCUT2D eigenvalue weighted by Gasteiger charge is 2.32. The molecule has 2 N–H and O–H groups in total. The number of nitrogens with one attached hydrogen (secondary N) is 2. The second-order valence-electron chi connectivity index (χ2n) is 7.13. The van der Waals surface area contributed by atoms with E-state index >= 15 is 0 Å². The third-order valence-corrected chi connectivity index (χ3v) is 5.52. The van der Waals surface area contributed by atoms with Gasteiger partial charge in [0, 0.05) is 28.4 Å². The van der Waals surface area contributed by atoms with Crippen LogP contribution in [0.2, 0.25) is 10.0 Å². The van der Waals surface area contributed by atoms with Gasteiger partial charge in [-0.2, -0.15) is 0 Å². The van der Waals surface area contributed by atoms with Gasteiger partial charge in [0.2, 0.25) is 0 Å². The zero-order valence-electron chi connectivity index (χ0n) is 18.4. The number of methoxy groups -OCH3 is 2. The molecule has 8 nitrogen and oxygen atoms in total. The third kappa shape index (κ3) is 6.10. The number of hydrogen-bond donors (Lipinski definition) is 2. The van der Waals surface area contributed by atoms with Crippen molar-refractivity contribution < 1.29 is 28.5 Å². The topological polar surface area (TPSA) is 95.1 Å². The Hall–Kier alpha value is -2.94. The lowest BCUT2D eigenvalue weighted by atomic mass is 9.95. The summed E-state index contributed by atoms with van der Waals surface area (Å²) in [4.78, 5) is 24.8. The summed E-state index contributed by atoms with van der Waals surface area (Å²) in [6.45, 7) is 2.20. The molecule has 0 unspecified atom stereocenters. The van der Waals surface area contributed by atoms with Gasteiger partial charge >= 0.3 is 12.0 Å². The monoisotopic (exact) mass is 494 g/mol. The van der Waals surface area contributed by atoms with Gasteiger partial charge in [-0.3, -0.25) is 0 Å². The summed E-state index contributed by atoms with van der Waals surface area (Å²) in [5.74, 6) is 0.339. The first-order valence-electron chi connectivity index (χ1n) is 10.0. The van der Waals surface area contributed by atoms with Gasteiger partial charge < -0.3 is 29.6 Å². The number of esters is 1. The van der Waals surface area contributed by atoms with E-state index in [0.717, 1.165) is 5.56 Å². The Labute approximate surface area is 201 Å². The minimum atomic E-state index is -0.734. The van der Waals surface area contributed by atoms with Crippen LogP contribution in [-0.4, -0.2) is 39.4 Å². The predicted molar refractivity (Wildman–Crippen MR) is 124 cm³/mol. The van der Waals surface area contributed by atoms with Crippen LogP contribution in [0.1, 0.15) is 24.1 Å². The number of allylic oxidation sites excluding steroid dienone is 1. The number of carbonyl (C=O) groups excluding carboxylic acids is 2. The highest BCUT2D eigenvalue weighted by molar-refractivity contribution is 6.35. The maximum atomic E-state index is 12.7. The average Bonchev–Trinajstić information content (AvgIpc) is 2.78. The van der Waals surface area contributed by atoms with Gasteiger partial charge in [0.15, 0.2) is 11.5 Å². The van der Waals surface area contributed by atoms with Gasteiger partial charge in [0.25, 0.3) is 0 Å². The van der Waals surface area contributed by atoms with Crippen LogP contribution in [0, 0.1) is 0 Å².